The summed E-state index contributed by atoms with van der Waals surface area (Å²) in [6, 6.07) is 13.5. The van der Waals surface area contributed by atoms with Crippen molar-refractivity contribution in [2.24, 2.45) is 4.99 Å². The number of aryl methyl sites for hydroxylation is 1. The van der Waals surface area contributed by atoms with Crippen LogP contribution in [0.1, 0.15) is 57.4 Å². The second-order valence-corrected chi connectivity index (χ2v) is 8.05. The van der Waals surface area contributed by atoms with E-state index in [1.807, 2.05) is 30.3 Å². The molecule has 1 heterocycles. The quantitative estimate of drug-likeness (QED) is 0.271. The van der Waals surface area contributed by atoms with Crippen molar-refractivity contribution in [2.45, 2.75) is 58.4 Å². The maximum atomic E-state index is 10.0. The highest BCUT2D eigenvalue weighted by Crippen LogP contribution is 2.25. The first-order valence-corrected chi connectivity index (χ1v) is 11.0. The average Bonchev–Trinajstić information content (AvgIpc) is 3.05. The van der Waals surface area contributed by atoms with Gasteiger partial charge in [-0.05, 0) is 36.8 Å². The molecule has 0 saturated heterocycles. The first kappa shape index (κ1) is 20.6. The number of imidazole rings is 1. The molecule has 0 unspecified atom stereocenters. The maximum Gasteiger partial charge on any atom is 0.230 e. The number of unbranched alkanes of at least 4 members (excludes halogenated alkanes) is 6. The minimum absolute atomic E-state index is 0.210. The van der Waals surface area contributed by atoms with Crippen molar-refractivity contribution in [3.63, 3.8) is 0 Å². The molecular weight excluding hydrogens is 414 g/mol. The average molecular weight is 442 g/mol. The number of aromatic hydroxyl groups is 1. The maximum absolute atomic E-state index is 10.0. The van der Waals surface area contributed by atoms with Gasteiger partial charge in [0.2, 0.25) is 5.95 Å². The number of hydrogen-bond donors (Lipinski definition) is 1. The van der Waals surface area contributed by atoms with Gasteiger partial charge in [0, 0.05) is 22.8 Å². The molecule has 1 aromatic heterocycles. The fraction of sp³-hybridized carbons (Fsp3) is 0.391. The van der Waals surface area contributed by atoms with Crippen molar-refractivity contribution >= 4 is 39.1 Å². The number of aliphatic imine (C=N–C) groups is 1. The van der Waals surface area contributed by atoms with E-state index in [-0.39, 0.29) is 5.75 Å². The van der Waals surface area contributed by atoms with E-state index in [4.69, 9.17) is 4.98 Å². The highest BCUT2D eigenvalue weighted by atomic mass is 79.9. The molecule has 2 aromatic carbocycles. The normalized spacial score (nSPS) is 11.6. The van der Waals surface area contributed by atoms with Crippen LogP contribution in [-0.4, -0.2) is 20.9 Å². The van der Waals surface area contributed by atoms with Crippen molar-refractivity contribution in [2.75, 3.05) is 0 Å². The van der Waals surface area contributed by atoms with Crippen molar-refractivity contribution in [1.29, 1.82) is 0 Å². The zero-order valence-electron chi connectivity index (χ0n) is 16.4. The molecule has 1 N–H and O–H groups in total. The molecule has 0 atom stereocenters. The minimum Gasteiger partial charge on any atom is -0.507 e. The van der Waals surface area contributed by atoms with Gasteiger partial charge in [0.25, 0.3) is 0 Å². The Kier molecular flexibility index (Phi) is 7.66. The Hall–Kier alpha value is -2.14. The van der Waals surface area contributed by atoms with Gasteiger partial charge in [-0.25, -0.2) is 9.98 Å². The van der Waals surface area contributed by atoms with Crippen molar-refractivity contribution in [3.05, 3.63) is 52.5 Å². The van der Waals surface area contributed by atoms with E-state index in [0.717, 1.165) is 28.5 Å². The number of para-hydroxylation sites is 2. The first-order valence-electron chi connectivity index (χ1n) is 10.2. The fourth-order valence-electron chi connectivity index (χ4n) is 3.36. The summed E-state index contributed by atoms with van der Waals surface area (Å²) in [7, 11) is 0. The van der Waals surface area contributed by atoms with Gasteiger partial charge in [0.15, 0.2) is 0 Å². The Morgan fingerprint density at radius 2 is 1.79 bits per heavy atom. The summed E-state index contributed by atoms with van der Waals surface area (Å²) in [5.41, 5.74) is 2.74. The van der Waals surface area contributed by atoms with E-state index in [2.05, 4.69) is 38.5 Å². The molecule has 0 fully saturated rings. The third kappa shape index (κ3) is 5.44. The summed E-state index contributed by atoms with van der Waals surface area (Å²) < 4.78 is 3.09. The first-order chi connectivity index (χ1) is 13.7. The SMILES string of the molecule is CCCCCCCCCn1c(/N=C/c2cc(Br)ccc2O)nc2ccccc21. The summed E-state index contributed by atoms with van der Waals surface area (Å²) in [5.74, 6) is 0.897. The molecule has 0 radical (unpaired) electrons. The van der Waals surface area contributed by atoms with Crippen LogP contribution in [-0.2, 0) is 6.54 Å². The monoisotopic (exact) mass is 441 g/mol. The van der Waals surface area contributed by atoms with Crippen molar-refractivity contribution in [3.8, 4) is 5.75 Å². The molecular formula is C23H28BrN3O. The molecule has 4 nitrogen and oxygen atoms in total. The summed E-state index contributed by atoms with van der Waals surface area (Å²) in [6.07, 6.45) is 10.6. The lowest BCUT2D eigenvalue weighted by molar-refractivity contribution is 0.474. The molecule has 148 valence electrons. The van der Waals surface area contributed by atoms with E-state index in [1.54, 1.807) is 12.3 Å². The fourth-order valence-corrected chi connectivity index (χ4v) is 3.74. The van der Waals surface area contributed by atoms with E-state index >= 15 is 0 Å². The molecule has 0 aliphatic carbocycles. The van der Waals surface area contributed by atoms with Crippen molar-refractivity contribution < 1.29 is 5.11 Å². The standard InChI is InChI=1S/C23H28BrN3O/c1-2-3-4-5-6-7-10-15-27-21-12-9-8-11-20(21)26-23(27)25-17-18-16-19(24)13-14-22(18)28/h8-9,11-14,16-17,28H,2-7,10,15H2,1H3/b25-17+. The van der Waals surface area contributed by atoms with Crippen LogP contribution in [0, 0.1) is 0 Å². The van der Waals surface area contributed by atoms with Gasteiger partial charge in [-0.1, -0.05) is 73.5 Å². The molecule has 0 aliphatic heterocycles. The zero-order valence-corrected chi connectivity index (χ0v) is 18.0. The van der Waals surface area contributed by atoms with Gasteiger partial charge in [0.1, 0.15) is 5.75 Å². The predicted molar refractivity (Wildman–Crippen MR) is 121 cm³/mol. The second-order valence-electron chi connectivity index (χ2n) is 7.13. The molecule has 3 aromatic rings. The number of aromatic nitrogens is 2. The Balaban J connectivity index is 1.73. The van der Waals surface area contributed by atoms with Crippen LogP contribution in [0.3, 0.4) is 0 Å². The van der Waals surface area contributed by atoms with E-state index < -0.39 is 0 Å². The number of halogens is 1. The molecule has 0 bridgehead atoms. The number of nitrogens with zero attached hydrogens (tertiary/aromatic N) is 3. The largest absolute Gasteiger partial charge is 0.507 e. The molecule has 0 aliphatic rings. The van der Waals surface area contributed by atoms with Gasteiger partial charge >= 0.3 is 0 Å². The molecule has 28 heavy (non-hydrogen) atoms. The van der Waals surface area contributed by atoms with Gasteiger partial charge in [-0.2, -0.15) is 0 Å². The highest BCUT2D eigenvalue weighted by molar-refractivity contribution is 9.10. The van der Waals surface area contributed by atoms with E-state index in [9.17, 15) is 5.11 Å². The van der Waals surface area contributed by atoms with Crippen LogP contribution in [0.4, 0.5) is 5.95 Å². The van der Waals surface area contributed by atoms with Gasteiger partial charge in [-0.3, -0.25) is 0 Å². The number of phenols is 1. The van der Waals surface area contributed by atoms with Gasteiger partial charge in [0.05, 0.1) is 11.0 Å². The third-order valence-corrected chi connectivity index (χ3v) is 5.42. The van der Waals surface area contributed by atoms with Gasteiger partial charge < -0.3 is 9.67 Å². The Morgan fingerprint density at radius 3 is 2.61 bits per heavy atom. The Morgan fingerprint density at radius 1 is 1.04 bits per heavy atom. The molecule has 0 spiro atoms. The van der Waals surface area contributed by atoms with Crippen LogP contribution >= 0.6 is 15.9 Å². The number of rotatable bonds is 10. The smallest absolute Gasteiger partial charge is 0.230 e. The molecule has 0 saturated carbocycles. The number of phenolic OH excluding ortho intramolecular Hbond substituents is 1. The third-order valence-electron chi connectivity index (χ3n) is 4.93. The zero-order chi connectivity index (χ0) is 19.8. The molecule has 0 amide bonds. The van der Waals surface area contributed by atoms with E-state index in [1.165, 1.54) is 38.5 Å². The number of fused-ring (bicyclic) bond motifs is 1. The van der Waals surface area contributed by atoms with Crippen molar-refractivity contribution in [1.82, 2.24) is 9.55 Å². The molecule has 3 rings (SSSR count). The highest BCUT2D eigenvalue weighted by Gasteiger charge is 2.09. The summed E-state index contributed by atoms with van der Waals surface area (Å²) >= 11 is 3.44. The summed E-state index contributed by atoms with van der Waals surface area (Å²) in [5, 5.41) is 10.0. The second kappa shape index (κ2) is 10.4. The Bertz CT molecular complexity index is 933. The summed E-state index contributed by atoms with van der Waals surface area (Å²) in [4.78, 5) is 9.29. The van der Waals surface area contributed by atoms with Gasteiger partial charge in [-0.15, -0.1) is 0 Å². The van der Waals surface area contributed by atoms with E-state index in [0.29, 0.717) is 11.5 Å². The minimum atomic E-state index is 0.210. The molecule has 5 heteroatoms. The van der Waals surface area contributed by atoms with Crippen LogP contribution in [0.5, 0.6) is 5.75 Å². The number of hydrogen-bond acceptors (Lipinski definition) is 3. The number of benzene rings is 2. The van der Waals surface area contributed by atoms with Crippen LogP contribution in [0.25, 0.3) is 11.0 Å². The lowest BCUT2D eigenvalue weighted by Crippen LogP contribution is -1.98. The topological polar surface area (TPSA) is 50.4 Å². The van der Waals surface area contributed by atoms with Crippen LogP contribution in [0.2, 0.25) is 0 Å². The van der Waals surface area contributed by atoms with Crippen LogP contribution in [0.15, 0.2) is 51.9 Å². The van der Waals surface area contributed by atoms with Crippen LogP contribution < -0.4 is 0 Å². The lowest BCUT2D eigenvalue weighted by atomic mass is 10.1. The summed E-state index contributed by atoms with van der Waals surface area (Å²) in [6.45, 7) is 3.16. The lowest BCUT2D eigenvalue weighted by Gasteiger charge is -2.07. The Labute approximate surface area is 175 Å². The predicted octanol–water partition coefficient (Wildman–Crippen LogP) is 7.01.